The Morgan fingerprint density at radius 2 is 2.07 bits per heavy atom. The summed E-state index contributed by atoms with van der Waals surface area (Å²) in [7, 11) is 1.75. The highest BCUT2D eigenvalue weighted by atomic mass is 16.5. The van der Waals surface area contributed by atoms with E-state index in [1.165, 1.54) is 0 Å². The fourth-order valence-electron chi connectivity index (χ4n) is 4.01. The average molecular weight is 368 g/mol. The summed E-state index contributed by atoms with van der Waals surface area (Å²) in [5, 5.41) is 7.31. The summed E-state index contributed by atoms with van der Waals surface area (Å²) in [5.74, 6) is -0.187. The fourth-order valence-corrected chi connectivity index (χ4v) is 4.01. The maximum absolute atomic E-state index is 13.4. The Labute approximate surface area is 158 Å². The Hall–Kier alpha value is -2.67. The normalized spacial score (nSPS) is 22.7. The topological polar surface area (TPSA) is 78.5 Å². The molecular weight excluding hydrogens is 344 g/mol. The SMILES string of the molecule is Cc1ccccc1C1C(C(=O)N2CCc3n[nH]c(C)c3C2)OCC(=O)N1C. The number of amides is 2. The highest BCUT2D eigenvalue weighted by molar-refractivity contribution is 5.86. The maximum Gasteiger partial charge on any atom is 0.254 e. The Balaban J connectivity index is 1.64. The van der Waals surface area contributed by atoms with E-state index in [1.54, 1.807) is 11.9 Å². The molecule has 7 heteroatoms. The van der Waals surface area contributed by atoms with Gasteiger partial charge in [-0.3, -0.25) is 14.7 Å². The zero-order valence-corrected chi connectivity index (χ0v) is 15.9. The second-order valence-corrected chi connectivity index (χ2v) is 7.32. The van der Waals surface area contributed by atoms with E-state index in [4.69, 9.17) is 4.74 Å². The number of hydrogen-bond acceptors (Lipinski definition) is 4. The number of nitrogens with one attached hydrogen (secondary N) is 1. The molecular formula is C20H24N4O3. The van der Waals surface area contributed by atoms with E-state index in [0.29, 0.717) is 13.1 Å². The molecule has 1 N–H and O–H groups in total. The molecule has 2 amide bonds. The first kappa shape index (κ1) is 17.7. The molecule has 0 aliphatic carbocycles. The van der Waals surface area contributed by atoms with Crippen LogP contribution < -0.4 is 0 Å². The molecule has 142 valence electrons. The number of aromatic amines is 1. The van der Waals surface area contributed by atoms with Gasteiger partial charge in [0.15, 0.2) is 6.10 Å². The Morgan fingerprint density at radius 1 is 1.30 bits per heavy atom. The number of ether oxygens (including phenoxy) is 1. The highest BCUT2D eigenvalue weighted by Gasteiger charge is 2.43. The first-order valence-corrected chi connectivity index (χ1v) is 9.21. The van der Waals surface area contributed by atoms with Crippen LogP contribution in [-0.4, -0.2) is 58.1 Å². The van der Waals surface area contributed by atoms with Crippen LogP contribution >= 0.6 is 0 Å². The van der Waals surface area contributed by atoms with Crippen molar-refractivity contribution in [2.24, 2.45) is 0 Å². The van der Waals surface area contributed by atoms with Gasteiger partial charge in [-0.1, -0.05) is 24.3 Å². The second kappa shape index (κ2) is 6.81. The van der Waals surface area contributed by atoms with E-state index in [1.807, 2.05) is 43.0 Å². The van der Waals surface area contributed by atoms with Crippen LogP contribution in [0.1, 0.15) is 34.1 Å². The monoisotopic (exact) mass is 368 g/mol. The predicted octanol–water partition coefficient (Wildman–Crippen LogP) is 1.51. The van der Waals surface area contributed by atoms with Crippen molar-refractivity contribution in [3.63, 3.8) is 0 Å². The fraction of sp³-hybridized carbons (Fsp3) is 0.450. The third kappa shape index (κ3) is 3.02. The summed E-state index contributed by atoms with van der Waals surface area (Å²) in [4.78, 5) is 29.1. The van der Waals surface area contributed by atoms with Gasteiger partial charge in [0.25, 0.3) is 5.91 Å². The van der Waals surface area contributed by atoms with Crippen molar-refractivity contribution in [1.29, 1.82) is 0 Å². The van der Waals surface area contributed by atoms with Gasteiger partial charge in [-0.15, -0.1) is 0 Å². The number of benzene rings is 1. The van der Waals surface area contributed by atoms with Crippen LogP contribution in [0.5, 0.6) is 0 Å². The lowest BCUT2D eigenvalue weighted by Gasteiger charge is -2.41. The molecule has 0 saturated carbocycles. The minimum atomic E-state index is -0.706. The van der Waals surface area contributed by atoms with Gasteiger partial charge in [0.2, 0.25) is 5.91 Å². The summed E-state index contributed by atoms with van der Waals surface area (Å²) in [6.45, 7) is 5.02. The lowest BCUT2D eigenvalue weighted by Crippen LogP contribution is -2.54. The molecule has 0 bridgehead atoms. The molecule has 4 rings (SSSR count). The molecule has 1 saturated heterocycles. The standard InChI is InChI=1S/C20H24N4O3/c1-12-6-4-5-7-14(12)18-19(27-11-17(25)23(18)3)20(26)24-9-8-16-15(10-24)13(2)21-22-16/h4-7,18-19H,8-11H2,1-3H3,(H,21,22). The number of likely N-dealkylation sites (N-methyl/N-ethyl adjacent to an activating group) is 1. The number of aromatic nitrogens is 2. The summed E-state index contributed by atoms with van der Waals surface area (Å²) in [5.41, 5.74) is 5.10. The number of nitrogens with zero attached hydrogens (tertiary/aromatic N) is 3. The number of rotatable bonds is 2. The molecule has 2 unspecified atom stereocenters. The second-order valence-electron chi connectivity index (χ2n) is 7.32. The number of H-pyrrole nitrogens is 1. The summed E-state index contributed by atoms with van der Waals surface area (Å²) in [6, 6.07) is 7.42. The molecule has 3 heterocycles. The van der Waals surface area contributed by atoms with Gasteiger partial charge in [0, 0.05) is 37.8 Å². The number of hydrogen-bond donors (Lipinski definition) is 1. The van der Waals surface area contributed by atoms with Crippen molar-refractivity contribution in [1.82, 2.24) is 20.0 Å². The summed E-state index contributed by atoms with van der Waals surface area (Å²) >= 11 is 0. The van der Waals surface area contributed by atoms with Crippen molar-refractivity contribution in [2.75, 3.05) is 20.2 Å². The van der Waals surface area contributed by atoms with Crippen molar-refractivity contribution >= 4 is 11.8 Å². The Bertz CT molecular complexity index is 891. The smallest absolute Gasteiger partial charge is 0.254 e. The van der Waals surface area contributed by atoms with Gasteiger partial charge >= 0.3 is 0 Å². The van der Waals surface area contributed by atoms with Crippen molar-refractivity contribution in [2.45, 2.75) is 39.0 Å². The zero-order valence-electron chi connectivity index (χ0n) is 15.9. The van der Waals surface area contributed by atoms with Crippen LogP contribution in [0.3, 0.4) is 0 Å². The van der Waals surface area contributed by atoms with E-state index >= 15 is 0 Å². The van der Waals surface area contributed by atoms with Gasteiger partial charge in [0.1, 0.15) is 6.61 Å². The summed E-state index contributed by atoms with van der Waals surface area (Å²) in [6.07, 6.45) is 0.0182. The molecule has 1 aromatic carbocycles. The molecule has 0 radical (unpaired) electrons. The van der Waals surface area contributed by atoms with Crippen molar-refractivity contribution in [3.8, 4) is 0 Å². The molecule has 2 atom stereocenters. The maximum atomic E-state index is 13.4. The third-order valence-corrected chi connectivity index (χ3v) is 5.67. The molecule has 27 heavy (non-hydrogen) atoms. The van der Waals surface area contributed by atoms with Gasteiger partial charge < -0.3 is 14.5 Å². The van der Waals surface area contributed by atoms with Gasteiger partial charge in [-0.2, -0.15) is 5.10 Å². The lowest BCUT2D eigenvalue weighted by molar-refractivity contribution is -0.168. The first-order chi connectivity index (χ1) is 13.0. The average Bonchev–Trinajstić information content (AvgIpc) is 3.04. The minimum Gasteiger partial charge on any atom is -0.356 e. The number of morpholine rings is 1. The van der Waals surface area contributed by atoms with Crippen LogP contribution in [0.25, 0.3) is 0 Å². The quantitative estimate of drug-likeness (QED) is 0.872. The summed E-state index contributed by atoms with van der Waals surface area (Å²) < 4.78 is 5.79. The molecule has 0 spiro atoms. The molecule has 7 nitrogen and oxygen atoms in total. The Morgan fingerprint density at radius 3 is 2.85 bits per heavy atom. The molecule has 1 aromatic heterocycles. The van der Waals surface area contributed by atoms with Crippen molar-refractivity contribution in [3.05, 3.63) is 52.3 Å². The van der Waals surface area contributed by atoms with Gasteiger partial charge in [-0.05, 0) is 25.0 Å². The van der Waals surface area contributed by atoms with E-state index in [9.17, 15) is 9.59 Å². The van der Waals surface area contributed by atoms with E-state index in [2.05, 4.69) is 10.2 Å². The molecule has 2 aliphatic rings. The molecule has 2 aliphatic heterocycles. The third-order valence-electron chi connectivity index (χ3n) is 5.67. The van der Waals surface area contributed by atoms with Crippen LogP contribution in [0.2, 0.25) is 0 Å². The zero-order chi connectivity index (χ0) is 19.1. The van der Waals surface area contributed by atoms with Crippen LogP contribution in [0, 0.1) is 13.8 Å². The van der Waals surface area contributed by atoms with Gasteiger partial charge in [-0.25, -0.2) is 0 Å². The minimum absolute atomic E-state index is 0.0703. The highest BCUT2D eigenvalue weighted by Crippen LogP contribution is 2.33. The molecule has 2 aromatic rings. The number of aryl methyl sites for hydroxylation is 2. The van der Waals surface area contributed by atoms with Crippen molar-refractivity contribution < 1.29 is 14.3 Å². The Kier molecular flexibility index (Phi) is 4.47. The van der Waals surface area contributed by atoms with Crippen LogP contribution in [-0.2, 0) is 27.3 Å². The van der Waals surface area contributed by atoms with Crippen LogP contribution in [0.15, 0.2) is 24.3 Å². The van der Waals surface area contributed by atoms with E-state index in [-0.39, 0.29) is 18.4 Å². The number of carbonyl (C=O) groups excluding carboxylic acids is 2. The number of carbonyl (C=O) groups is 2. The largest absolute Gasteiger partial charge is 0.356 e. The van der Waals surface area contributed by atoms with E-state index < -0.39 is 12.1 Å². The first-order valence-electron chi connectivity index (χ1n) is 9.21. The lowest BCUT2D eigenvalue weighted by atomic mass is 9.93. The predicted molar refractivity (Wildman–Crippen MR) is 98.9 cm³/mol. The van der Waals surface area contributed by atoms with Gasteiger partial charge in [0.05, 0.1) is 11.7 Å². The van der Waals surface area contributed by atoms with Crippen LogP contribution in [0.4, 0.5) is 0 Å². The molecule has 1 fully saturated rings. The van der Waals surface area contributed by atoms with E-state index in [0.717, 1.165) is 34.5 Å². The number of fused-ring (bicyclic) bond motifs is 1.